The number of amides is 2. The summed E-state index contributed by atoms with van der Waals surface area (Å²) in [5, 5.41) is 13.8. The van der Waals surface area contributed by atoms with E-state index >= 15 is 0 Å². The van der Waals surface area contributed by atoms with E-state index in [2.05, 4.69) is 21.2 Å². The van der Waals surface area contributed by atoms with Crippen molar-refractivity contribution in [1.29, 1.82) is 0 Å². The zero-order chi connectivity index (χ0) is 21.0. The van der Waals surface area contributed by atoms with Crippen LogP contribution >= 0.6 is 0 Å². The quantitative estimate of drug-likeness (QED) is 0.431. The lowest BCUT2D eigenvalue weighted by Gasteiger charge is -2.11. The number of nitrogens with one attached hydrogen (secondary N) is 3. The number of hydrazine groups is 1. The number of anilines is 1. The average molecular weight is 396 g/mol. The van der Waals surface area contributed by atoms with E-state index in [-0.39, 0.29) is 23.5 Å². The second kappa shape index (κ2) is 8.38. The molecular weight excluding hydrogens is 376 g/mol. The van der Waals surface area contributed by atoms with Crippen molar-refractivity contribution in [2.45, 2.75) is 19.9 Å². The number of fused-ring (bicyclic) bond motifs is 1. The minimum absolute atomic E-state index is 0.0250. The molecule has 10 nitrogen and oxygen atoms in total. The molecule has 0 fully saturated rings. The van der Waals surface area contributed by atoms with E-state index in [0.717, 1.165) is 22.9 Å². The van der Waals surface area contributed by atoms with Gasteiger partial charge in [0.05, 0.1) is 16.0 Å². The van der Waals surface area contributed by atoms with Crippen molar-refractivity contribution in [3.05, 3.63) is 64.0 Å². The first-order chi connectivity index (χ1) is 13.9. The van der Waals surface area contributed by atoms with Crippen LogP contribution in [0, 0.1) is 10.1 Å². The Morgan fingerprint density at radius 3 is 2.62 bits per heavy atom. The summed E-state index contributed by atoms with van der Waals surface area (Å²) in [5.74, 6) is -0.348. The molecule has 2 aromatic carbocycles. The molecule has 2 amide bonds. The zero-order valence-corrected chi connectivity index (χ0v) is 15.9. The van der Waals surface area contributed by atoms with Crippen LogP contribution in [0.3, 0.4) is 0 Å². The van der Waals surface area contributed by atoms with E-state index in [4.69, 9.17) is 0 Å². The minimum atomic E-state index is -0.657. The molecule has 10 heteroatoms. The maximum Gasteiger partial charge on any atom is 0.293 e. The molecule has 29 heavy (non-hydrogen) atoms. The van der Waals surface area contributed by atoms with Gasteiger partial charge in [-0.25, -0.2) is 4.98 Å². The molecule has 0 spiro atoms. The number of nitro benzene ring substituents is 1. The van der Waals surface area contributed by atoms with E-state index in [1.54, 1.807) is 11.6 Å². The fourth-order valence-corrected chi connectivity index (χ4v) is 2.99. The Balaban J connectivity index is 1.69. The molecule has 0 aliphatic heterocycles. The van der Waals surface area contributed by atoms with Gasteiger partial charge in [0, 0.05) is 25.1 Å². The van der Waals surface area contributed by atoms with E-state index in [1.165, 1.54) is 12.1 Å². The molecule has 0 aliphatic carbocycles. The molecule has 0 saturated heterocycles. The van der Waals surface area contributed by atoms with Gasteiger partial charge in [-0.3, -0.25) is 30.6 Å². The van der Waals surface area contributed by atoms with Crippen molar-refractivity contribution in [3.63, 3.8) is 0 Å². The van der Waals surface area contributed by atoms with Crippen LogP contribution < -0.4 is 16.2 Å². The highest BCUT2D eigenvalue weighted by Gasteiger charge is 2.18. The molecular formula is C19H20N6O4. The number of benzene rings is 2. The highest BCUT2D eigenvalue weighted by Crippen LogP contribution is 2.24. The van der Waals surface area contributed by atoms with Crippen LogP contribution in [0.1, 0.15) is 23.1 Å². The van der Waals surface area contributed by atoms with Crippen LogP contribution in [0.2, 0.25) is 0 Å². The lowest BCUT2D eigenvalue weighted by molar-refractivity contribution is -0.384. The summed E-state index contributed by atoms with van der Waals surface area (Å²) in [6, 6.07) is 11.5. The molecule has 1 aromatic heterocycles. The number of aryl methyl sites for hydroxylation is 1. The summed E-state index contributed by atoms with van der Waals surface area (Å²) in [6.07, 6.45) is 0.649. The van der Waals surface area contributed by atoms with E-state index in [9.17, 15) is 19.7 Å². The van der Waals surface area contributed by atoms with Gasteiger partial charge in [-0.15, -0.1) is 0 Å². The third kappa shape index (κ3) is 4.15. The van der Waals surface area contributed by atoms with Gasteiger partial charge >= 0.3 is 0 Å². The van der Waals surface area contributed by atoms with Crippen molar-refractivity contribution in [3.8, 4) is 0 Å². The van der Waals surface area contributed by atoms with Gasteiger partial charge in [0.15, 0.2) is 0 Å². The largest absolute Gasteiger partial charge is 0.383 e. The summed E-state index contributed by atoms with van der Waals surface area (Å²) in [5.41, 5.74) is 6.35. The molecule has 0 atom stereocenters. The molecule has 1 heterocycles. The van der Waals surface area contributed by atoms with Crippen LogP contribution in [0.5, 0.6) is 0 Å². The van der Waals surface area contributed by atoms with Crippen molar-refractivity contribution in [1.82, 2.24) is 20.4 Å². The topological polar surface area (TPSA) is 131 Å². The number of imidazole rings is 1. The number of rotatable bonds is 6. The number of nitro groups is 1. The Hall–Kier alpha value is -3.95. The Labute approximate surface area is 166 Å². The Bertz CT molecular complexity index is 1090. The summed E-state index contributed by atoms with van der Waals surface area (Å²) in [7, 11) is 1.55. The summed E-state index contributed by atoms with van der Waals surface area (Å²) >= 11 is 0. The highest BCUT2D eigenvalue weighted by molar-refractivity contribution is 5.96. The van der Waals surface area contributed by atoms with Gasteiger partial charge in [-0.2, -0.15) is 0 Å². The van der Waals surface area contributed by atoms with E-state index < -0.39 is 16.7 Å². The van der Waals surface area contributed by atoms with Crippen LogP contribution in [-0.4, -0.2) is 33.3 Å². The summed E-state index contributed by atoms with van der Waals surface area (Å²) in [4.78, 5) is 39.6. The van der Waals surface area contributed by atoms with Crippen LogP contribution in [0.15, 0.2) is 42.5 Å². The first-order valence-corrected chi connectivity index (χ1v) is 8.94. The lowest BCUT2D eigenvalue weighted by atomic mass is 10.1. The van der Waals surface area contributed by atoms with Crippen LogP contribution in [0.25, 0.3) is 11.0 Å². The van der Waals surface area contributed by atoms with Crippen molar-refractivity contribution in [2.75, 3.05) is 12.4 Å². The fourth-order valence-electron chi connectivity index (χ4n) is 2.99. The smallest absolute Gasteiger partial charge is 0.293 e. The Morgan fingerprint density at radius 2 is 1.93 bits per heavy atom. The van der Waals surface area contributed by atoms with Crippen LogP contribution in [-0.2, 0) is 17.8 Å². The van der Waals surface area contributed by atoms with Crippen LogP contribution in [0.4, 0.5) is 11.4 Å². The van der Waals surface area contributed by atoms with Gasteiger partial charge in [-0.05, 0) is 24.3 Å². The number of hydrogen-bond donors (Lipinski definition) is 3. The normalized spacial score (nSPS) is 10.6. The fraction of sp³-hybridized carbons (Fsp3) is 0.211. The molecule has 3 N–H and O–H groups in total. The molecule has 3 aromatic rings. The minimum Gasteiger partial charge on any atom is -0.383 e. The van der Waals surface area contributed by atoms with Gasteiger partial charge in [0.1, 0.15) is 18.1 Å². The van der Waals surface area contributed by atoms with E-state index in [1.807, 2.05) is 31.2 Å². The number of nitrogens with zero attached hydrogens (tertiary/aromatic N) is 3. The van der Waals surface area contributed by atoms with E-state index in [0.29, 0.717) is 6.42 Å². The summed E-state index contributed by atoms with van der Waals surface area (Å²) < 4.78 is 1.78. The third-order valence-electron chi connectivity index (χ3n) is 4.39. The third-order valence-corrected chi connectivity index (χ3v) is 4.39. The molecule has 0 unspecified atom stereocenters. The molecule has 0 saturated carbocycles. The predicted octanol–water partition coefficient (Wildman–Crippen LogP) is 2.01. The maximum absolute atomic E-state index is 12.3. The molecule has 150 valence electrons. The van der Waals surface area contributed by atoms with Crippen molar-refractivity contribution in [2.24, 2.45) is 0 Å². The second-order valence-corrected chi connectivity index (χ2v) is 6.20. The summed E-state index contributed by atoms with van der Waals surface area (Å²) in [6.45, 7) is 1.92. The number of hydrogen-bond acceptors (Lipinski definition) is 6. The Kier molecular flexibility index (Phi) is 5.72. The zero-order valence-electron chi connectivity index (χ0n) is 15.9. The van der Waals surface area contributed by atoms with Crippen molar-refractivity contribution < 1.29 is 14.5 Å². The average Bonchev–Trinajstić information content (AvgIpc) is 3.09. The van der Waals surface area contributed by atoms with Gasteiger partial charge in [0.2, 0.25) is 0 Å². The SMILES string of the molecule is CCc1nc2ccccc2n1CC(=O)NNC(=O)c1ccc(NC)c([N+](=O)[O-])c1. The van der Waals surface area contributed by atoms with Gasteiger partial charge in [-0.1, -0.05) is 19.1 Å². The highest BCUT2D eigenvalue weighted by atomic mass is 16.6. The lowest BCUT2D eigenvalue weighted by Crippen LogP contribution is -2.43. The number of carbonyl (C=O) groups is 2. The number of carbonyl (C=O) groups excluding carboxylic acids is 2. The first kappa shape index (κ1) is 19.8. The Morgan fingerprint density at radius 1 is 1.17 bits per heavy atom. The molecule has 0 aliphatic rings. The van der Waals surface area contributed by atoms with Gasteiger partial charge in [0.25, 0.3) is 17.5 Å². The maximum atomic E-state index is 12.3. The number of aromatic nitrogens is 2. The molecule has 0 bridgehead atoms. The van der Waals surface area contributed by atoms with Gasteiger partial charge < -0.3 is 9.88 Å². The monoisotopic (exact) mass is 396 g/mol. The predicted molar refractivity (Wildman–Crippen MR) is 107 cm³/mol. The standard InChI is InChI=1S/C19H20N6O4/c1-3-17-21-14-6-4-5-7-15(14)24(17)11-18(26)22-23-19(27)12-8-9-13(20-2)16(10-12)25(28)29/h4-10,20H,3,11H2,1-2H3,(H,22,26)(H,23,27). The number of para-hydroxylation sites is 2. The molecule has 3 rings (SSSR count). The second-order valence-electron chi connectivity index (χ2n) is 6.20. The first-order valence-electron chi connectivity index (χ1n) is 8.94. The van der Waals surface area contributed by atoms with Crippen molar-refractivity contribution >= 4 is 34.2 Å². The molecule has 0 radical (unpaired) electrons.